The van der Waals surface area contributed by atoms with E-state index in [2.05, 4.69) is 0 Å². The van der Waals surface area contributed by atoms with Gasteiger partial charge in [-0.25, -0.2) is 12.7 Å². The van der Waals surface area contributed by atoms with Gasteiger partial charge in [-0.2, -0.15) is 0 Å². The zero-order valence-electron chi connectivity index (χ0n) is 9.75. The van der Waals surface area contributed by atoms with Crippen LogP contribution >= 0.6 is 0 Å². The van der Waals surface area contributed by atoms with Gasteiger partial charge in [0.25, 0.3) is 0 Å². The van der Waals surface area contributed by atoms with Crippen LogP contribution in [-0.4, -0.2) is 38.1 Å². The first-order valence-electron chi connectivity index (χ1n) is 5.86. The SMILES string of the molecule is NCC(CN1CCCS1(=O)=O)c1ccccc1. The monoisotopic (exact) mass is 254 g/mol. The Bertz CT molecular complexity index is 459. The molecule has 0 amide bonds. The van der Waals surface area contributed by atoms with Crippen LogP contribution in [0.4, 0.5) is 0 Å². The van der Waals surface area contributed by atoms with Gasteiger partial charge < -0.3 is 5.73 Å². The zero-order valence-corrected chi connectivity index (χ0v) is 10.6. The Morgan fingerprint density at radius 3 is 2.53 bits per heavy atom. The number of sulfonamides is 1. The fourth-order valence-corrected chi connectivity index (χ4v) is 3.75. The van der Waals surface area contributed by atoms with Gasteiger partial charge in [-0.1, -0.05) is 30.3 Å². The maximum atomic E-state index is 11.7. The third kappa shape index (κ3) is 2.86. The van der Waals surface area contributed by atoms with E-state index >= 15 is 0 Å². The lowest BCUT2D eigenvalue weighted by Gasteiger charge is -2.21. The fourth-order valence-electron chi connectivity index (χ4n) is 2.18. The van der Waals surface area contributed by atoms with Crippen molar-refractivity contribution < 1.29 is 8.42 Å². The second-order valence-electron chi connectivity index (χ2n) is 4.37. The highest BCUT2D eigenvalue weighted by molar-refractivity contribution is 7.89. The molecule has 0 aliphatic carbocycles. The summed E-state index contributed by atoms with van der Waals surface area (Å²) in [5.74, 6) is 0.364. The topological polar surface area (TPSA) is 63.4 Å². The number of hydrogen-bond acceptors (Lipinski definition) is 3. The van der Waals surface area contributed by atoms with E-state index in [0.29, 0.717) is 19.6 Å². The van der Waals surface area contributed by atoms with Crippen molar-refractivity contribution in [3.8, 4) is 0 Å². The summed E-state index contributed by atoms with van der Waals surface area (Å²) < 4.78 is 25.0. The van der Waals surface area contributed by atoms with Crippen molar-refractivity contribution in [1.82, 2.24) is 4.31 Å². The second-order valence-corrected chi connectivity index (χ2v) is 6.46. The molecule has 1 aromatic rings. The van der Waals surface area contributed by atoms with E-state index < -0.39 is 10.0 Å². The minimum absolute atomic E-state index is 0.0871. The van der Waals surface area contributed by atoms with Crippen LogP contribution < -0.4 is 5.73 Å². The lowest BCUT2D eigenvalue weighted by molar-refractivity contribution is 0.413. The van der Waals surface area contributed by atoms with E-state index in [-0.39, 0.29) is 11.7 Å². The molecule has 0 radical (unpaired) electrons. The van der Waals surface area contributed by atoms with Gasteiger partial charge in [0.15, 0.2) is 0 Å². The average molecular weight is 254 g/mol. The molecular weight excluding hydrogens is 236 g/mol. The maximum absolute atomic E-state index is 11.7. The summed E-state index contributed by atoms with van der Waals surface area (Å²) in [6.07, 6.45) is 0.731. The smallest absolute Gasteiger partial charge is 0.214 e. The van der Waals surface area contributed by atoms with Crippen molar-refractivity contribution in [2.24, 2.45) is 5.73 Å². The number of benzene rings is 1. The Hall–Kier alpha value is -0.910. The fraction of sp³-hybridized carbons (Fsp3) is 0.500. The molecule has 1 unspecified atom stereocenters. The number of hydrogen-bond donors (Lipinski definition) is 1. The molecule has 2 rings (SSSR count). The average Bonchev–Trinajstić information content (AvgIpc) is 2.66. The van der Waals surface area contributed by atoms with Gasteiger partial charge in [0.1, 0.15) is 0 Å². The summed E-state index contributed by atoms with van der Waals surface area (Å²) in [5.41, 5.74) is 6.86. The minimum Gasteiger partial charge on any atom is -0.330 e. The quantitative estimate of drug-likeness (QED) is 0.863. The molecule has 1 heterocycles. The van der Waals surface area contributed by atoms with E-state index in [0.717, 1.165) is 12.0 Å². The standard InChI is InChI=1S/C12H18N2O2S/c13-9-12(11-5-2-1-3-6-11)10-14-7-4-8-17(14,15)16/h1-3,5-6,12H,4,7-10,13H2. The summed E-state index contributed by atoms with van der Waals surface area (Å²) >= 11 is 0. The molecule has 4 nitrogen and oxygen atoms in total. The molecule has 1 atom stereocenters. The first kappa shape index (κ1) is 12.5. The molecule has 2 N–H and O–H groups in total. The number of nitrogens with two attached hydrogens (primary N) is 1. The molecule has 0 bridgehead atoms. The van der Waals surface area contributed by atoms with E-state index in [4.69, 9.17) is 5.73 Å². The highest BCUT2D eigenvalue weighted by Crippen LogP contribution is 2.21. The van der Waals surface area contributed by atoms with Crippen LogP contribution in [0.3, 0.4) is 0 Å². The second kappa shape index (κ2) is 5.16. The molecule has 17 heavy (non-hydrogen) atoms. The number of rotatable bonds is 4. The van der Waals surface area contributed by atoms with Crippen LogP contribution in [0.5, 0.6) is 0 Å². The Balaban J connectivity index is 2.11. The van der Waals surface area contributed by atoms with E-state index in [1.165, 1.54) is 0 Å². The van der Waals surface area contributed by atoms with Crippen LogP contribution in [0.25, 0.3) is 0 Å². The summed E-state index contributed by atoms with van der Waals surface area (Å²) in [6.45, 7) is 1.60. The van der Waals surface area contributed by atoms with E-state index in [9.17, 15) is 8.42 Å². The van der Waals surface area contributed by atoms with Gasteiger partial charge in [0, 0.05) is 25.6 Å². The normalized spacial score (nSPS) is 21.5. The van der Waals surface area contributed by atoms with Crippen LogP contribution in [0.1, 0.15) is 17.9 Å². The highest BCUT2D eigenvalue weighted by Gasteiger charge is 2.30. The van der Waals surface area contributed by atoms with Crippen molar-refractivity contribution in [3.05, 3.63) is 35.9 Å². The van der Waals surface area contributed by atoms with Gasteiger partial charge in [-0.3, -0.25) is 0 Å². The molecule has 1 saturated heterocycles. The molecule has 1 aliphatic heterocycles. The summed E-state index contributed by atoms with van der Waals surface area (Å²) in [5, 5.41) is 0. The molecule has 1 aromatic carbocycles. The van der Waals surface area contributed by atoms with Crippen molar-refractivity contribution in [2.75, 3.05) is 25.4 Å². The summed E-state index contributed by atoms with van der Waals surface area (Å²) in [6, 6.07) is 9.86. The first-order valence-corrected chi connectivity index (χ1v) is 7.47. The summed E-state index contributed by atoms with van der Waals surface area (Å²) in [7, 11) is -3.02. The first-order chi connectivity index (χ1) is 8.13. The van der Waals surface area contributed by atoms with Gasteiger partial charge in [0.2, 0.25) is 10.0 Å². The van der Waals surface area contributed by atoms with Gasteiger partial charge in [0.05, 0.1) is 5.75 Å². The molecule has 1 aliphatic rings. The molecule has 0 aromatic heterocycles. The lowest BCUT2D eigenvalue weighted by atomic mass is 9.99. The third-order valence-corrected chi connectivity index (χ3v) is 5.11. The molecular formula is C12H18N2O2S. The zero-order chi connectivity index (χ0) is 12.3. The molecule has 5 heteroatoms. The number of nitrogens with zero attached hydrogens (tertiary/aromatic N) is 1. The van der Waals surface area contributed by atoms with Gasteiger partial charge in [-0.15, -0.1) is 0 Å². The van der Waals surface area contributed by atoms with Crippen LogP contribution in [0.2, 0.25) is 0 Å². The Morgan fingerprint density at radius 1 is 1.29 bits per heavy atom. The maximum Gasteiger partial charge on any atom is 0.214 e. The van der Waals surface area contributed by atoms with Crippen LogP contribution in [0.15, 0.2) is 30.3 Å². The van der Waals surface area contributed by atoms with E-state index in [1.807, 2.05) is 30.3 Å². The lowest BCUT2D eigenvalue weighted by Crippen LogP contribution is -2.33. The molecule has 94 valence electrons. The largest absolute Gasteiger partial charge is 0.330 e. The van der Waals surface area contributed by atoms with Gasteiger partial charge >= 0.3 is 0 Å². The Kier molecular flexibility index (Phi) is 3.81. The van der Waals surface area contributed by atoms with Crippen molar-refractivity contribution in [2.45, 2.75) is 12.3 Å². The van der Waals surface area contributed by atoms with Crippen molar-refractivity contribution >= 4 is 10.0 Å². The van der Waals surface area contributed by atoms with Crippen LogP contribution in [-0.2, 0) is 10.0 Å². The predicted molar refractivity (Wildman–Crippen MR) is 68.2 cm³/mol. The van der Waals surface area contributed by atoms with Crippen molar-refractivity contribution in [1.29, 1.82) is 0 Å². The van der Waals surface area contributed by atoms with Crippen molar-refractivity contribution in [3.63, 3.8) is 0 Å². The van der Waals surface area contributed by atoms with E-state index in [1.54, 1.807) is 4.31 Å². The molecule has 1 fully saturated rings. The Morgan fingerprint density at radius 2 is 2.00 bits per heavy atom. The minimum atomic E-state index is -3.02. The summed E-state index contributed by atoms with van der Waals surface area (Å²) in [4.78, 5) is 0. The van der Waals surface area contributed by atoms with Crippen LogP contribution in [0, 0.1) is 0 Å². The predicted octanol–water partition coefficient (Wildman–Crippen LogP) is 0.764. The Labute approximate surface area is 102 Å². The van der Waals surface area contributed by atoms with Gasteiger partial charge in [-0.05, 0) is 12.0 Å². The molecule has 0 saturated carbocycles. The third-order valence-electron chi connectivity index (χ3n) is 3.18. The highest BCUT2D eigenvalue weighted by atomic mass is 32.2. The molecule has 0 spiro atoms.